The van der Waals surface area contributed by atoms with Crippen molar-refractivity contribution in [3.8, 4) is 23.0 Å². The van der Waals surface area contributed by atoms with Gasteiger partial charge in [-0.1, -0.05) is 42.0 Å². The van der Waals surface area contributed by atoms with Crippen molar-refractivity contribution in [3.05, 3.63) is 94.1 Å². The lowest BCUT2D eigenvalue weighted by atomic mass is 9.99. The molecule has 0 radical (unpaired) electrons. The first-order valence-corrected chi connectivity index (χ1v) is 11.6. The van der Waals surface area contributed by atoms with E-state index in [2.05, 4.69) is 4.98 Å². The van der Waals surface area contributed by atoms with Gasteiger partial charge in [-0.2, -0.15) is 4.98 Å². The number of pyridine rings is 1. The van der Waals surface area contributed by atoms with Gasteiger partial charge in [-0.15, -0.1) is 11.8 Å². The summed E-state index contributed by atoms with van der Waals surface area (Å²) in [7, 11) is 0. The molecule has 166 valence electrons. The van der Waals surface area contributed by atoms with E-state index in [1.54, 1.807) is 12.3 Å². The van der Waals surface area contributed by atoms with Crippen molar-refractivity contribution in [3.63, 3.8) is 0 Å². The van der Waals surface area contributed by atoms with Gasteiger partial charge in [0, 0.05) is 35.1 Å². The van der Waals surface area contributed by atoms with Crippen molar-refractivity contribution in [2.45, 2.75) is 37.7 Å². The second kappa shape index (κ2) is 8.92. The zero-order valence-electron chi connectivity index (χ0n) is 18.3. The fourth-order valence-corrected chi connectivity index (χ4v) is 4.79. The van der Waals surface area contributed by atoms with Gasteiger partial charge in [0.15, 0.2) is 11.6 Å². The number of aliphatic hydroxyl groups excluding tert-OH is 1. The van der Waals surface area contributed by atoms with Gasteiger partial charge >= 0.3 is 0 Å². The molecule has 1 N–H and O–H groups in total. The van der Waals surface area contributed by atoms with Crippen LogP contribution in [-0.4, -0.2) is 20.1 Å². The van der Waals surface area contributed by atoms with Crippen LogP contribution in [0.5, 0.6) is 11.6 Å². The SMILES string of the molecule is Cc1ccc(-c2nc3c(c(SCc4cccc(F)c4)n2)Cc2c(CO)cnc(C)c2O3)cc1. The molecule has 1 aliphatic rings. The van der Waals surface area contributed by atoms with Crippen LogP contribution < -0.4 is 4.74 Å². The quantitative estimate of drug-likeness (QED) is 0.266. The highest BCUT2D eigenvalue weighted by molar-refractivity contribution is 7.98. The molecule has 0 fully saturated rings. The van der Waals surface area contributed by atoms with E-state index in [1.165, 1.54) is 23.9 Å². The first-order chi connectivity index (χ1) is 16.0. The predicted molar refractivity (Wildman–Crippen MR) is 126 cm³/mol. The summed E-state index contributed by atoms with van der Waals surface area (Å²) in [5.74, 6) is 2.01. The van der Waals surface area contributed by atoms with Crippen molar-refractivity contribution in [2.24, 2.45) is 0 Å². The summed E-state index contributed by atoms with van der Waals surface area (Å²) in [6.07, 6.45) is 2.22. The van der Waals surface area contributed by atoms with E-state index in [1.807, 2.05) is 44.2 Å². The van der Waals surface area contributed by atoms with E-state index in [0.717, 1.165) is 44.1 Å². The molecule has 0 amide bonds. The summed E-state index contributed by atoms with van der Waals surface area (Å²) in [5, 5.41) is 10.6. The third-order valence-electron chi connectivity index (χ3n) is 5.63. The van der Waals surface area contributed by atoms with Gasteiger partial charge in [0.2, 0.25) is 5.88 Å². The molecule has 1 aliphatic heterocycles. The summed E-state index contributed by atoms with van der Waals surface area (Å²) in [6.45, 7) is 3.79. The van der Waals surface area contributed by atoms with Crippen LogP contribution >= 0.6 is 11.8 Å². The number of ether oxygens (including phenoxy) is 1. The molecule has 4 aromatic rings. The standard InChI is InChI=1S/C26H22FN3O2S/c1-15-6-8-18(9-7-15)24-29-25-22(11-21-19(13-31)12-28-16(2)23(21)32-25)26(30-24)33-14-17-4-3-5-20(27)10-17/h3-10,12,31H,11,13-14H2,1-2H3. The summed E-state index contributed by atoms with van der Waals surface area (Å²) >= 11 is 1.53. The first-order valence-electron chi connectivity index (χ1n) is 10.6. The smallest absolute Gasteiger partial charge is 0.227 e. The van der Waals surface area contributed by atoms with E-state index in [9.17, 15) is 9.50 Å². The fourth-order valence-electron chi connectivity index (χ4n) is 3.82. The molecule has 7 heteroatoms. The van der Waals surface area contributed by atoms with Crippen molar-refractivity contribution >= 4 is 11.8 Å². The number of aryl methyl sites for hydroxylation is 2. The summed E-state index contributed by atoms with van der Waals surface area (Å²) in [6, 6.07) is 14.6. The van der Waals surface area contributed by atoms with Gasteiger partial charge in [0.1, 0.15) is 10.8 Å². The van der Waals surface area contributed by atoms with Crippen molar-refractivity contribution in [2.75, 3.05) is 0 Å². The lowest BCUT2D eigenvalue weighted by Gasteiger charge is -2.24. The van der Waals surface area contributed by atoms with Crippen LogP contribution in [0.4, 0.5) is 4.39 Å². The Morgan fingerprint density at radius 2 is 1.88 bits per heavy atom. The van der Waals surface area contributed by atoms with E-state index in [4.69, 9.17) is 14.7 Å². The Morgan fingerprint density at radius 3 is 2.64 bits per heavy atom. The number of aliphatic hydroxyl groups is 1. The average molecular weight is 460 g/mol. The highest BCUT2D eigenvalue weighted by Gasteiger charge is 2.27. The predicted octanol–water partition coefficient (Wildman–Crippen LogP) is 5.78. The zero-order valence-corrected chi connectivity index (χ0v) is 19.1. The van der Waals surface area contributed by atoms with E-state index < -0.39 is 0 Å². The normalized spacial score (nSPS) is 12.1. The van der Waals surface area contributed by atoms with Gasteiger partial charge in [-0.05, 0) is 31.5 Å². The Hall–Kier alpha value is -3.29. The minimum atomic E-state index is -0.258. The zero-order chi connectivity index (χ0) is 22.9. The molecule has 3 heterocycles. The van der Waals surface area contributed by atoms with Gasteiger partial charge < -0.3 is 9.84 Å². The number of thioether (sulfide) groups is 1. The minimum Gasteiger partial charge on any atom is -0.436 e. The molecule has 2 aromatic carbocycles. The van der Waals surface area contributed by atoms with Crippen LogP contribution in [0.25, 0.3) is 11.4 Å². The Morgan fingerprint density at radius 1 is 1.06 bits per heavy atom. The van der Waals surface area contributed by atoms with E-state index in [0.29, 0.717) is 29.6 Å². The van der Waals surface area contributed by atoms with Crippen LogP contribution in [0.1, 0.15) is 33.5 Å². The molecular weight excluding hydrogens is 437 g/mol. The number of rotatable bonds is 5. The monoisotopic (exact) mass is 459 g/mol. The van der Waals surface area contributed by atoms with Gasteiger partial charge in [-0.3, -0.25) is 4.98 Å². The summed E-state index contributed by atoms with van der Waals surface area (Å²) < 4.78 is 19.9. The van der Waals surface area contributed by atoms with E-state index in [-0.39, 0.29) is 12.4 Å². The van der Waals surface area contributed by atoms with Crippen molar-refractivity contribution in [1.29, 1.82) is 0 Å². The number of fused-ring (bicyclic) bond motifs is 2. The number of hydrogen-bond acceptors (Lipinski definition) is 6. The van der Waals surface area contributed by atoms with Gasteiger partial charge in [0.05, 0.1) is 17.9 Å². The first kappa shape index (κ1) is 21.6. The summed E-state index contributed by atoms with van der Waals surface area (Å²) in [4.78, 5) is 14.0. The molecule has 5 nitrogen and oxygen atoms in total. The average Bonchev–Trinajstić information content (AvgIpc) is 2.82. The van der Waals surface area contributed by atoms with Crippen LogP contribution in [0, 0.1) is 19.7 Å². The second-order valence-corrected chi connectivity index (χ2v) is 9.00. The second-order valence-electron chi connectivity index (χ2n) is 8.03. The number of aromatic nitrogens is 3. The highest BCUT2D eigenvalue weighted by atomic mass is 32.2. The molecular formula is C26H22FN3O2S. The molecule has 0 aliphatic carbocycles. The number of benzene rings is 2. The Kier molecular flexibility index (Phi) is 5.83. The van der Waals surface area contributed by atoms with E-state index >= 15 is 0 Å². The maximum Gasteiger partial charge on any atom is 0.227 e. The lowest BCUT2D eigenvalue weighted by Crippen LogP contribution is -2.13. The van der Waals surface area contributed by atoms with Crippen LogP contribution in [0.3, 0.4) is 0 Å². The fraction of sp³-hybridized carbons (Fsp3) is 0.192. The Labute approximate surface area is 195 Å². The maximum absolute atomic E-state index is 13.7. The number of halogens is 1. The molecule has 33 heavy (non-hydrogen) atoms. The largest absolute Gasteiger partial charge is 0.436 e. The van der Waals surface area contributed by atoms with Crippen LogP contribution in [0.2, 0.25) is 0 Å². The van der Waals surface area contributed by atoms with Crippen LogP contribution in [-0.2, 0) is 18.8 Å². The Bertz CT molecular complexity index is 1340. The third kappa shape index (κ3) is 4.34. The molecule has 0 spiro atoms. The van der Waals surface area contributed by atoms with Crippen molar-refractivity contribution in [1.82, 2.24) is 15.0 Å². The van der Waals surface area contributed by atoms with Gasteiger partial charge in [-0.25, -0.2) is 9.37 Å². The molecule has 5 rings (SSSR count). The van der Waals surface area contributed by atoms with Crippen molar-refractivity contribution < 1.29 is 14.2 Å². The molecule has 0 saturated carbocycles. The molecule has 0 unspecified atom stereocenters. The summed E-state index contributed by atoms with van der Waals surface area (Å²) in [5.41, 5.74) is 6.15. The minimum absolute atomic E-state index is 0.123. The molecule has 0 atom stereocenters. The van der Waals surface area contributed by atoms with Gasteiger partial charge in [0.25, 0.3) is 0 Å². The lowest BCUT2D eigenvalue weighted by molar-refractivity contribution is 0.278. The van der Waals surface area contributed by atoms with Crippen LogP contribution in [0.15, 0.2) is 59.8 Å². The highest BCUT2D eigenvalue weighted by Crippen LogP contribution is 2.43. The number of hydrogen-bond donors (Lipinski definition) is 1. The maximum atomic E-state index is 13.7. The topological polar surface area (TPSA) is 68.1 Å². The third-order valence-corrected chi connectivity index (χ3v) is 6.72. The Balaban J connectivity index is 1.59. The molecule has 0 bridgehead atoms. The molecule has 2 aromatic heterocycles. The number of nitrogens with zero attached hydrogens (tertiary/aromatic N) is 3. The molecule has 0 saturated heterocycles.